The van der Waals surface area contributed by atoms with Crippen LogP contribution in [0.1, 0.15) is 12.5 Å². The largest absolute Gasteiger partial charge is 0.494 e. The molecule has 0 unspecified atom stereocenters. The van der Waals surface area contributed by atoms with Gasteiger partial charge in [-0.15, -0.1) is 0 Å². The first-order chi connectivity index (χ1) is 12.9. The topological polar surface area (TPSA) is 56.8 Å². The van der Waals surface area contributed by atoms with Crippen LogP contribution in [0, 0.1) is 0 Å². The minimum atomic E-state index is -4.40. The van der Waals surface area contributed by atoms with E-state index in [4.69, 9.17) is 14.2 Å². The van der Waals surface area contributed by atoms with E-state index in [1.165, 1.54) is 12.1 Å². The Kier molecular flexibility index (Phi) is 7.34. The molecule has 0 bridgehead atoms. The molecule has 0 saturated carbocycles. The van der Waals surface area contributed by atoms with E-state index in [0.29, 0.717) is 12.4 Å². The Morgan fingerprint density at radius 3 is 1.96 bits per heavy atom. The first kappa shape index (κ1) is 20.4. The summed E-state index contributed by atoms with van der Waals surface area (Å²) in [6, 6.07) is 11.2. The molecule has 5 nitrogen and oxygen atoms in total. The second-order valence-electron chi connectivity index (χ2n) is 5.41. The lowest BCUT2D eigenvalue weighted by molar-refractivity contribution is -0.137. The molecule has 146 valence electrons. The maximum atomic E-state index is 12.5. The number of nitrogens with one attached hydrogen (secondary N) is 1. The zero-order chi connectivity index (χ0) is 19.7. The molecule has 0 radical (unpaired) electrons. The van der Waals surface area contributed by atoms with E-state index in [2.05, 4.69) is 5.32 Å². The fourth-order valence-corrected chi connectivity index (χ4v) is 2.10. The highest BCUT2D eigenvalue weighted by Crippen LogP contribution is 2.30. The first-order valence-electron chi connectivity index (χ1n) is 8.31. The molecule has 2 aromatic carbocycles. The Morgan fingerprint density at radius 2 is 1.41 bits per heavy atom. The molecule has 0 aliphatic carbocycles. The molecule has 8 heteroatoms. The Morgan fingerprint density at radius 1 is 0.889 bits per heavy atom. The van der Waals surface area contributed by atoms with Crippen molar-refractivity contribution in [2.24, 2.45) is 0 Å². The molecule has 27 heavy (non-hydrogen) atoms. The highest BCUT2D eigenvalue weighted by molar-refractivity contribution is 5.77. The number of alkyl halides is 3. The van der Waals surface area contributed by atoms with Crippen LogP contribution in [0.15, 0.2) is 48.5 Å². The number of hydrogen-bond donors (Lipinski definition) is 1. The van der Waals surface area contributed by atoms with Gasteiger partial charge in [0.15, 0.2) is 6.61 Å². The number of rotatable bonds is 9. The summed E-state index contributed by atoms with van der Waals surface area (Å²) in [5.74, 6) is 1.18. The number of carbonyl (C=O) groups is 1. The highest BCUT2D eigenvalue weighted by Gasteiger charge is 2.30. The Balaban J connectivity index is 1.64. The summed E-state index contributed by atoms with van der Waals surface area (Å²) >= 11 is 0. The van der Waals surface area contributed by atoms with Gasteiger partial charge in [0.2, 0.25) is 0 Å². The fraction of sp³-hybridized carbons (Fsp3) is 0.316. The molecular weight excluding hydrogens is 363 g/mol. The van der Waals surface area contributed by atoms with Crippen LogP contribution in [0.2, 0.25) is 0 Å². The van der Waals surface area contributed by atoms with Crippen molar-refractivity contribution in [1.82, 2.24) is 5.32 Å². The maximum Gasteiger partial charge on any atom is 0.416 e. The van der Waals surface area contributed by atoms with Crippen molar-refractivity contribution >= 4 is 5.91 Å². The number of ether oxygens (including phenoxy) is 3. The molecule has 0 heterocycles. The summed E-state index contributed by atoms with van der Waals surface area (Å²) in [5.41, 5.74) is -0.772. The highest BCUT2D eigenvalue weighted by atomic mass is 19.4. The monoisotopic (exact) mass is 383 g/mol. The summed E-state index contributed by atoms with van der Waals surface area (Å²) in [7, 11) is 0. The average Bonchev–Trinajstić information content (AvgIpc) is 2.65. The van der Waals surface area contributed by atoms with Gasteiger partial charge < -0.3 is 19.5 Å². The predicted molar refractivity (Wildman–Crippen MR) is 93.1 cm³/mol. The van der Waals surface area contributed by atoms with Gasteiger partial charge in [-0.1, -0.05) is 0 Å². The SMILES string of the molecule is CCOc1ccc(OCCNC(=O)COc2ccc(C(F)(F)F)cc2)cc1. The minimum Gasteiger partial charge on any atom is -0.494 e. The van der Waals surface area contributed by atoms with Gasteiger partial charge in [0.25, 0.3) is 5.91 Å². The minimum absolute atomic E-state index is 0.184. The smallest absolute Gasteiger partial charge is 0.416 e. The number of hydrogen-bond acceptors (Lipinski definition) is 4. The predicted octanol–water partition coefficient (Wildman–Crippen LogP) is 3.68. The zero-order valence-electron chi connectivity index (χ0n) is 14.7. The molecule has 0 fully saturated rings. The van der Waals surface area contributed by atoms with E-state index < -0.39 is 17.6 Å². The number of benzene rings is 2. The summed E-state index contributed by atoms with van der Waals surface area (Å²) in [4.78, 5) is 11.7. The van der Waals surface area contributed by atoms with Gasteiger partial charge in [0.1, 0.15) is 23.9 Å². The van der Waals surface area contributed by atoms with Crippen LogP contribution in [-0.4, -0.2) is 32.3 Å². The molecule has 2 aromatic rings. The van der Waals surface area contributed by atoms with E-state index in [0.717, 1.165) is 17.9 Å². The normalized spacial score (nSPS) is 11.0. The van der Waals surface area contributed by atoms with Gasteiger partial charge in [-0.25, -0.2) is 0 Å². The molecule has 1 N–H and O–H groups in total. The molecule has 0 spiro atoms. The molecule has 0 saturated heterocycles. The van der Waals surface area contributed by atoms with Crippen molar-refractivity contribution in [2.75, 3.05) is 26.4 Å². The van der Waals surface area contributed by atoms with Gasteiger partial charge in [0.05, 0.1) is 18.7 Å². The molecule has 2 rings (SSSR count). The van der Waals surface area contributed by atoms with Crippen molar-refractivity contribution in [3.8, 4) is 17.2 Å². The number of amides is 1. The summed E-state index contributed by atoms with van der Waals surface area (Å²) in [6.07, 6.45) is -4.40. The molecule has 0 aromatic heterocycles. The lowest BCUT2D eigenvalue weighted by Gasteiger charge is -2.10. The molecule has 0 atom stereocenters. The third-order valence-corrected chi connectivity index (χ3v) is 3.38. The summed E-state index contributed by atoms with van der Waals surface area (Å²) < 4.78 is 53.3. The second kappa shape index (κ2) is 9.70. The van der Waals surface area contributed by atoms with Crippen molar-refractivity contribution in [3.63, 3.8) is 0 Å². The fourth-order valence-electron chi connectivity index (χ4n) is 2.10. The molecule has 0 aliphatic heterocycles. The second-order valence-corrected chi connectivity index (χ2v) is 5.41. The van der Waals surface area contributed by atoms with E-state index in [1.807, 2.05) is 6.92 Å². The number of halogens is 3. The van der Waals surface area contributed by atoms with Gasteiger partial charge >= 0.3 is 6.18 Å². The van der Waals surface area contributed by atoms with Crippen molar-refractivity contribution in [3.05, 3.63) is 54.1 Å². The molecule has 1 amide bonds. The third kappa shape index (κ3) is 7.08. The quantitative estimate of drug-likeness (QED) is 0.672. The standard InChI is InChI=1S/C19H20F3NO4/c1-2-25-15-7-9-16(10-8-15)26-12-11-23-18(24)13-27-17-5-3-14(4-6-17)19(20,21)22/h3-10H,2,11-13H2,1H3,(H,23,24). The van der Waals surface area contributed by atoms with Crippen LogP contribution < -0.4 is 19.5 Å². The lowest BCUT2D eigenvalue weighted by atomic mass is 10.2. The van der Waals surface area contributed by atoms with Gasteiger partial charge in [-0.3, -0.25) is 4.79 Å². The summed E-state index contributed by atoms with van der Waals surface area (Å²) in [6.45, 7) is 2.71. The van der Waals surface area contributed by atoms with Crippen LogP contribution in [0.3, 0.4) is 0 Å². The maximum absolute atomic E-state index is 12.5. The zero-order valence-corrected chi connectivity index (χ0v) is 14.7. The van der Waals surface area contributed by atoms with Crippen LogP contribution in [0.4, 0.5) is 13.2 Å². The van der Waals surface area contributed by atoms with Crippen molar-refractivity contribution in [1.29, 1.82) is 0 Å². The Labute approximate surface area is 155 Å². The first-order valence-corrected chi connectivity index (χ1v) is 8.31. The van der Waals surface area contributed by atoms with E-state index >= 15 is 0 Å². The van der Waals surface area contributed by atoms with Gasteiger partial charge in [-0.2, -0.15) is 13.2 Å². The number of carbonyl (C=O) groups excluding carboxylic acids is 1. The van der Waals surface area contributed by atoms with Crippen LogP contribution in [0.25, 0.3) is 0 Å². The van der Waals surface area contributed by atoms with Gasteiger partial charge in [-0.05, 0) is 55.5 Å². The molecular formula is C19H20F3NO4. The van der Waals surface area contributed by atoms with E-state index in [-0.39, 0.29) is 25.5 Å². The Bertz CT molecular complexity index is 715. The third-order valence-electron chi connectivity index (χ3n) is 3.38. The van der Waals surface area contributed by atoms with Crippen LogP contribution >= 0.6 is 0 Å². The summed E-state index contributed by atoms with van der Waals surface area (Å²) in [5, 5.41) is 2.60. The lowest BCUT2D eigenvalue weighted by Crippen LogP contribution is -2.32. The van der Waals surface area contributed by atoms with Crippen molar-refractivity contribution < 1.29 is 32.2 Å². The Hall–Kier alpha value is -2.90. The van der Waals surface area contributed by atoms with Gasteiger partial charge in [0, 0.05) is 0 Å². The average molecular weight is 383 g/mol. The molecule has 0 aliphatic rings. The van der Waals surface area contributed by atoms with E-state index in [1.54, 1.807) is 24.3 Å². The van der Waals surface area contributed by atoms with E-state index in [9.17, 15) is 18.0 Å². The van der Waals surface area contributed by atoms with Crippen LogP contribution in [-0.2, 0) is 11.0 Å². The van der Waals surface area contributed by atoms with Crippen molar-refractivity contribution in [2.45, 2.75) is 13.1 Å². The van der Waals surface area contributed by atoms with Crippen LogP contribution in [0.5, 0.6) is 17.2 Å².